The van der Waals surface area contributed by atoms with Crippen molar-refractivity contribution in [2.75, 3.05) is 0 Å². The van der Waals surface area contributed by atoms with Gasteiger partial charge in [-0.05, 0) is 29.0 Å². The summed E-state index contributed by atoms with van der Waals surface area (Å²) in [6, 6.07) is 8.04. The summed E-state index contributed by atoms with van der Waals surface area (Å²) in [5.74, 6) is 0. The highest BCUT2D eigenvalue weighted by Gasteiger charge is 2.16. The van der Waals surface area contributed by atoms with Gasteiger partial charge in [0.2, 0.25) is 0 Å². The molecule has 78 valence electrons. The summed E-state index contributed by atoms with van der Waals surface area (Å²) < 4.78 is 1.26. The zero-order valence-corrected chi connectivity index (χ0v) is 10.0. The third-order valence-electron chi connectivity index (χ3n) is 2.42. The van der Waals surface area contributed by atoms with Gasteiger partial charge in [0.25, 0.3) is 0 Å². The van der Waals surface area contributed by atoms with Crippen LogP contribution in [0.1, 0.15) is 36.0 Å². The van der Waals surface area contributed by atoms with Crippen molar-refractivity contribution in [1.29, 1.82) is 0 Å². The first-order chi connectivity index (χ1) is 7.00. The predicted molar refractivity (Wildman–Crippen MR) is 65.9 cm³/mol. The first-order valence-corrected chi connectivity index (χ1v) is 5.81. The maximum Gasteiger partial charge on any atom is 0.150 e. The SMILES string of the molecule is CC(C)(C)c1cc2cc(C=O)ccc2s1. The summed E-state index contributed by atoms with van der Waals surface area (Å²) in [4.78, 5) is 12.0. The molecule has 0 aliphatic heterocycles. The van der Waals surface area contributed by atoms with Gasteiger partial charge in [-0.1, -0.05) is 26.8 Å². The number of aldehydes is 1. The third-order valence-corrected chi connectivity index (χ3v) is 3.96. The van der Waals surface area contributed by atoms with E-state index < -0.39 is 0 Å². The molecule has 1 aromatic carbocycles. The van der Waals surface area contributed by atoms with Crippen molar-refractivity contribution in [2.45, 2.75) is 26.2 Å². The highest BCUT2D eigenvalue weighted by Crippen LogP contribution is 2.34. The number of rotatable bonds is 1. The molecule has 0 saturated carbocycles. The minimum atomic E-state index is 0.186. The van der Waals surface area contributed by atoms with E-state index in [1.807, 2.05) is 29.5 Å². The topological polar surface area (TPSA) is 17.1 Å². The number of thiophene rings is 1. The molecule has 0 radical (unpaired) electrons. The van der Waals surface area contributed by atoms with Gasteiger partial charge in [-0.25, -0.2) is 0 Å². The molecular weight excluding hydrogens is 204 g/mol. The maximum atomic E-state index is 10.7. The zero-order valence-electron chi connectivity index (χ0n) is 9.20. The minimum Gasteiger partial charge on any atom is -0.298 e. The summed E-state index contributed by atoms with van der Waals surface area (Å²) in [5.41, 5.74) is 0.936. The van der Waals surface area contributed by atoms with E-state index in [9.17, 15) is 4.79 Å². The Morgan fingerprint density at radius 3 is 2.53 bits per heavy atom. The lowest BCUT2D eigenvalue weighted by atomic mass is 9.94. The maximum absolute atomic E-state index is 10.7. The molecule has 1 heterocycles. The van der Waals surface area contributed by atoms with Gasteiger partial charge in [0, 0.05) is 15.1 Å². The Morgan fingerprint density at radius 1 is 1.20 bits per heavy atom. The molecule has 2 aromatic rings. The molecule has 0 unspecified atom stereocenters. The molecule has 2 rings (SSSR count). The van der Waals surface area contributed by atoms with E-state index in [1.165, 1.54) is 15.0 Å². The average molecular weight is 218 g/mol. The first kappa shape index (κ1) is 10.4. The number of benzene rings is 1. The molecule has 0 aliphatic carbocycles. The Bertz CT molecular complexity index is 503. The van der Waals surface area contributed by atoms with Gasteiger partial charge in [-0.15, -0.1) is 11.3 Å². The Kier molecular flexibility index (Phi) is 2.39. The Balaban J connectivity index is 2.61. The molecule has 0 aliphatic rings. The van der Waals surface area contributed by atoms with Crippen molar-refractivity contribution >= 4 is 27.7 Å². The van der Waals surface area contributed by atoms with Crippen LogP contribution in [0.15, 0.2) is 24.3 Å². The van der Waals surface area contributed by atoms with Crippen LogP contribution in [0.2, 0.25) is 0 Å². The summed E-state index contributed by atoms with van der Waals surface area (Å²) in [6.07, 6.45) is 0.897. The second-order valence-electron chi connectivity index (χ2n) is 4.78. The fourth-order valence-corrected chi connectivity index (χ4v) is 2.61. The first-order valence-electron chi connectivity index (χ1n) is 5.00. The van der Waals surface area contributed by atoms with Crippen molar-refractivity contribution in [1.82, 2.24) is 0 Å². The van der Waals surface area contributed by atoms with E-state index in [1.54, 1.807) is 0 Å². The third kappa shape index (κ3) is 1.95. The Labute approximate surface area is 93.7 Å². The standard InChI is InChI=1S/C13H14OS/c1-13(2,3)12-7-10-6-9(8-14)4-5-11(10)15-12/h4-8H,1-3H3. The van der Waals surface area contributed by atoms with Crippen LogP contribution in [-0.4, -0.2) is 6.29 Å². The van der Waals surface area contributed by atoms with Gasteiger partial charge in [0.1, 0.15) is 6.29 Å². The molecule has 0 N–H and O–H groups in total. The normalized spacial score (nSPS) is 11.9. The smallest absolute Gasteiger partial charge is 0.150 e. The molecule has 1 nitrogen and oxygen atoms in total. The van der Waals surface area contributed by atoms with Crippen molar-refractivity contribution in [2.24, 2.45) is 0 Å². The molecule has 0 spiro atoms. The van der Waals surface area contributed by atoms with E-state index in [0.29, 0.717) is 0 Å². The van der Waals surface area contributed by atoms with Crippen molar-refractivity contribution in [3.05, 3.63) is 34.7 Å². The zero-order chi connectivity index (χ0) is 11.1. The summed E-state index contributed by atoms with van der Waals surface area (Å²) in [7, 11) is 0. The van der Waals surface area contributed by atoms with Gasteiger partial charge in [-0.3, -0.25) is 4.79 Å². The van der Waals surface area contributed by atoms with E-state index in [-0.39, 0.29) is 5.41 Å². The van der Waals surface area contributed by atoms with Crippen LogP contribution >= 0.6 is 11.3 Å². The van der Waals surface area contributed by atoms with Crippen LogP contribution in [0.5, 0.6) is 0 Å². The van der Waals surface area contributed by atoms with Crippen LogP contribution in [0.4, 0.5) is 0 Å². The van der Waals surface area contributed by atoms with E-state index >= 15 is 0 Å². The Morgan fingerprint density at radius 2 is 1.93 bits per heavy atom. The number of carbonyl (C=O) groups is 1. The molecule has 2 heteroatoms. The van der Waals surface area contributed by atoms with Crippen LogP contribution in [-0.2, 0) is 5.41 Å². The van der Waals surface area contributed by atoms with Crippen LogP contribution in [0.3, 0.4) is 0 Å². The molecule has 0 fully saturated rings. The van der Waals surface area contributed by atoms with E-state index in [2.05, 4.69) is 26.8 Å². The lowest BCUT2D eigenvalue weighted by Crippen LogP contribution is -2.07. The van der Waals surface area contributed by atoms with Crippen molar-refractivity contribution < 1.29 is 4.79 Å². The lowest BCUT2D eigenvalue weighted by molar-refractivity contribution is 0.112. The van der Waals surface area contributed by atoms with Crippen LogP contribution in [0.25, 0.3) is 10.1 Å². The predicted octanol–water partition coefficient (Wildman–Crippen LogP) is 4.01. The van der Waals surface area contributed by atoms with Crippen LogP contribution in [0, 0.1) is 0 Å². The molecule has 15 heavy (non-hydrogen) atoms. The molecule has 0 amide bonds. The molecule has 0 atom stereocenters. The van der Waals surface area contributed by atoms with Gasteiger partial charge in [-0.2, -0.15) is 0 Å². The number of fused-ring (bicyclic) bond motifs is 1. The lowest BCUT2D eigenvalue weighted by Gasteiger charge is -2.14. The molecule has 0 saturated heterocycles. The fourth-order valence-electron chi connectivity index (χ4n) is 1.50. The average Bonchev–Trinajstić information content (AvgIpc) is 2.59. The Hall–Kier alpha value is -1.15. The highest BCUT2D eigenvalue weighted by molar-refractivity contribution is 7.19. The van der Waals surface area contributed by atoms with Crippen molar-refractivity contribution in [3.8, 4) is 0 Å². The molecule has 1 aromatic heterocycles. The quantitative estimate of drug-likeness (QED) is 0.661. The summed E-state index contributed by atoms with van der Waals surface area (Å²) in [6.45, 7) is 6.62. The van der Waals surface area contributed by atoms with E-state index in [0.717, 1.165) is 11.8 Å². The van der Waals surface area contributed by atoms with Crippen molar-refractivity contribution in [3.63, 3.8) is 0 Å². The van der Waals surface area contributed by atoms with Gasteiger partial charge < -0.3 is 0 Å². The molecular formula is C13H14OS. The monoisotopic (exact) mass is 218 g/mol. The molecule has 0 bridgehead atoms. The largest absolute Gasteiger partial charge is 0.298 e. The number of carbonyl (C=O) groups excluding carboxylic acids is 1. The highest BCUT2D eigenvalue weighted by atomic mass is 32.1. The van der Waals surface area contributed by atoms with Crippen LogP contribution < -0.4 is 0 Å². The number of hydrogen-bond acceptors (Lipinski definition) is 2. The summed E-state index contributed by atoms with van der Waals surface area (Å²) in [5, 5.41) is 1.18. The van der Waals surface area contributed by atoms with Gasteiger partial charge >= 0.3 is 0 Å². The number of hydrogen-bond donors (Lipinski definition) is 0. The second kappa shape index (κ2) is 3.46. The summed E-state index contributed by atoms with van der Waals surface area (Å²) >= 11 is 1.81. The second-order valence-corrected chi connectivity index (χ2v) is 5.86. The minimum absolute atomic E-state index is 0.186. The fraction of sp³-hybridized carbons (Fsp3) is 0.308. The van der Waals surface area contributed by atoms with Gasteiger partial charge in [0.15, 0.2) is 0 Å². The van der Waals surface area contributed by atoms with Gasteiger partial charge in [0.05, 0.1) is 0 Å². The van der Waals surface area contributed by atoms with E-state index in [4.69, 9.17) is 0 Å².